The van der Waals surface area contributed by atoms with Crippen LogP contribution in [0.15, 0.2) is 60.7 Å². The van der Waals surface area contributed by atoms with Gasteiger partial charge in [0.1, 0.15) is 11.5 Å². The van der Waals surface area contributed by atoms with Crippen LogP contribution in [0.1, 0.15) is 43.9 Å². The van der Waals surface area contributed by atoms with E-state index in [1.54, 1.807) is 0 Å². The van der Waals surface area contributed by atoms with E-state index in [1.807, 2.05) is 0 Å². The van der Waals surface area contributed by atoms with Crippen LogP contribution in [0.4, 0.5) is 0 Å². The van der Waals surface area contributed by atoms with Crippen molar-refractivity contribution in [2.45, 2.75) is 12.1 Å². The molecule has 0 aliphatic rings. The summed E-state index contributed by atoms with van der Waals surface area (Å²) >= 11 is 0. The van der Waals surface area contributed by atoms with Crippen molar-refractivity contribution >= 4 is 23.8 Å². The average Bonchev–Trinajstić information content (AvgIpc) is 2.97. The molecule has 0 aliphatic carbocycles. The SMILES string of the molecule is COc1ccc(C(=O)N[C@H](C(=O)O)c2cc(OC)c(OC)cc2[C@H](NC(=O)c2ccc(OC)cc2)C(=O)O)cc1. The summed E-state index contributed by atoms with van der Waals surface area (Å²) in [6.07, 6.45) is 0. The molecular weight excluding hydrogens is 524 g/mol. The van der Waals surface area contributed by atoms with E-state index in [4.69, 9.17) is 18.9 Å². The van der Waals surface area contributed by atoms with Crippen LogP contribution in [-0.4, -0.2) is 62.4 Å². The largest absolute Gasteiger partial charge is 0.497 e. The standard InChI is InChI=1S/C28H28N2O10/c1-37-17-9-5-15(6-10-17)25(31)29-23(27(33)34)19-13-21(39-3)22(40-4)14-20(19)24(28(35)36)30-26(32)16-7-11-18(38-2)12-8-16/h5-14,23-24H,1-4H3,(H,29,31)(H,30,32)(H,33,34)(H,35,36)/t23-,24-/m0/s1. The fraction of sp³-hybridized carbons (Fsp3) is 0.214. The lowest BCUT2D eigenvalue weighted by atomic mass is 9.93. The van der Waals surface area contributed by atoms with Gasteiger partial charge in [-0.15, -0.1) is 0 Å². The minimum atomic E-state index is -1.73. The molecule has 0 heterocycles. The summed E-state index contributed by atoms with van der Waals surface area (Å²) in [4.78, 5) is 50.8. The Morgan fingerprint density at radius 2 is 0.900 bits per heavy atom. The molecular formula is C28H28N2O10. The fourth-order valence-corrected chi connectivity index (χ4v) is 3.87. The van der Waals surface area contributed by atoms with Crippen LogP contribution < -0.4 is 29.6 Å². The van der Waals surface area contributed by atoms with Crippen molar-refractivity contribution < 1.29 is 48.3 Å². The third-order valence-corrected chi connectivity index (χ3v) is 5.96. The Bertz CT molecular complexity index is 1280. The zero-order valence-corrected chi connectivity index (χ0v) is 22.1. The number of aliphatic carboxylic acids is 2. The third-order valence-electron chi connectivity index (χ3n) is 5.96. The van der Waals surface area contributed by atoms with E-state index < -0.39 is 35.8 Å². The van der Waals surface area contributed by atoms with E-state index in [9.17, 15) is 29.4 Å². The summed E-state index contributed by atoms with van der Waals surface area (Å²) in [5.74, 6) is -3.32. The molecule has 4 N–H and O–H groups in total. The number of hydrogen-bond donors (Lipinski definition) is 4. The molecule has 3 aromatic carbocycles. The van der Waals surface area contributed by atoms with E-state index in [-0.39, 0.29) is 33.8 Å². The number of nitrogens with one attached hydrogen (secondary N) is 2. The Morgan fingerprint density at radius 1 is 0.575 bits per heavy atom. The second kappa shape index (κ2) is 13.0. The number of carboxylic acid groups (broad SMARTS) is 2. The monoisotopic (exact) mass is 552 g/mol. The van der Waals surface area contributed by atoms with Crippen LogP contribution in [0.3, 0.4) is 0 Å². The van der Waals surface area contributed by atoms with Crippen LogP contribution in [0.25, 0.3) is 0 Å². The molecule has 0 saturated heterocycles. The highest BCUT2D eigenvalue weighted by Gasteiger charge is 2.33. The van der Waals surface area contributed by atoms with Crippen LogP contribution >= 0.6 is 0 Å². The first-order chi connectivity index (χ1) is 19.1. The highest BCUT2D eigenvalue weighted by atomic mass is 16.5. The maximum absolute atomic E-state index is 13.0. The van der Waals surface area contributed by atoms with Crippen molar-refractivity contribution in [2.75, 3.05) is 28.4 Å². The number of amides is 2. The molecule has 0 bridgehead atoms. The Morgan fingerprint density at radius 3 is 1.15 bits per heavy atom. The van der Waals surface area contributed by atoms with Gasteiger partial charge in [0.15, 0.2) is 23.6 Å². The summed E-state index contributed by atoms with van der Waals surface area (Å²) in [6, 6.07) is 10.9. The number of carbonyl (C=O) groups excluding carboxylic acids is 2. The number of benzene rings is 3. The minimum absolute atomic E-state index is 0.0804. The first-order valence-electron chi connectivity index (χ1n) is 11.7. The van der Waals surface area contributed by atoms with Gasteiger partial charge in [-0.2, -0.15) is 0 Å². The topological polar surface area (TPSA) is 170 Å². The molecule has 0 spiro atoms. The van der Waals surface area contributed by atoms with Crippen molar-refractivity contribution in [1.82, 2.24) is 10.6 Å². The second-order valence-electron chi connectivity index (χ2n) is 8.28. The molecule has 3 rings (SSSR count). The van der Waals surface area contributed by atoms with Crippen molar-refractivity contribution in [3.63, 3.8) is 0 Å². The number of carboxylic acids is 2. The first-order valence-corrected chi connectivity index (χ1v) is 11.7. The van der Waals surface area contributed by atoms with Gasteiger partial charge in [-0.1, -0.05) is 0 Å². The number of ether oxygens (including phenoxy) is 4. The number of hydrogen-bond acceptors (Lipinski definition) is 8. The molecule has 0 radical (unpaired) electrons. The molecule has 0 saturated carbocycles. The maximum atomic E-state index is 13.0. The number of methoxy groups -OCH3 is 4. The van der Waals surface area contributed by atoms with Crippen LogP contribution in [0.2, 0.25) is 0 Å². The lowest BCUT2D eigenvalue weighted by Gasteiger charge is -2.24. The van der Waals surface area contributed by atoms with Crippen molar-refractivity contribution in [3.8, 4) is 23.0 Å². The van der Waals surface area contributed by atoms with Crippen molar-refractivity contribution in [2.24, 2.45) is 0 Å². The van der Waals surface area contributed by atoms with Gasteiger partial charge in [0.2, 0.25) is 0 Å². The van der Waals surface area contributed by atoms with Crippen LogP contribution in [0.5, 0.6) is 23.0 Å². The van der Waals surface area contributed by atoms with E-state index in [2.05, 4.69) is 10.6 Å². The molecule has 3 aromatic rings. The van der Waals surface area contributed by atoms with E-state index in [0.717, 1.165) is 0 Å². The lowest BCUT2D eigenvalue weighted by molar-refractivity contribution is -0.141. The summed E-state index contributed by atoms with van der Waals surface area (Å²) in [7, 11) is 5.54. The summed E-state index contributed by atoms with van der Waals surface area (Å²) < 4.78 is 20.7. The van der Waals surface area contributed by atoms with Crippen molar-refractivity contribution in [1.29, 1.82) is 0 Å². The van der Waals surface area contributed by atoms with Gasteiger partial charge in [-0.3, -0.25) is 9.59 Å². The first kappa shape index (κ1) is 29.3. The smallest absolute Gasteiger partial charge is 0.330 e. The predicted molar refractivity (Wildman–Crippen MR) is 141 cm³/mol. The van der Waals surface area contributed by atoms with Gasteiger partial charge in [0, 0.05) is 11.1 Å². The van der Waals surface area contributed by atoms with Gasteiger partial charge in [-0.25, -0.2) is 9.59 Å². The Hall–Kier alpha value is -5.26. The Balaban J connectivity index is 2.07. The van der Waals surface area contributed by atoms with Gasteiger partial charge in [0.05, 0.1) is 28.4 Å². The molecule has 12 nitrogen and oxygen atoms in total. The molecule has 0 aromatic heterocycles. The second-order valence-corrected chi connectivity index (χ2v) is 8.28. The van der Waals surface area contributed by atoms with E-state index in [0.29, 0.717) is 11.5 Å². The van der Waals surface area contributed by atoms with Gasteiger partial charge in [-0.05, 0) is 71.8 Å². The highest BCUT2D eigenvalue weighted by molar-refractivity contribution is 5.98. The molecule has 210 valence electrons. The Labute approximate surface area is 229 Å². The fourth-order valence-electron chi connectivity index (χ4n) is 3.87. The molecule has 12 heteroatoms. The summed E-state index contributed by atoms with van der Waals surface area (Å²) in [6.45, 7) is 0. The summed E-state index contributed by atoms with van der Waals surface area (Å²) in [5.41, 5.74) is -0.0165. The van der Waals surface area contributed by atoms with Crippen LogP contribution in [0, 0.1) is 0 Å². The normalized spacial score (nSPS) is 11.9. The van der Waals surface area contributed by atoms with Crippen molar-refractivity contribution in [3.05, 3.63) is 82.9 Å². The number of carbonyl (C=O) groups is 4. The molecule has 2 atom stereocenters. The van der Waals surface area contributed by atoms with E-state index >= 15 is 0 Å². The minimum Gasteiger partial charge on any atom is -0.497 e. The third kappa shape index (κ3) is 6.59. The summed E-state index contributed by atoms with van der Waals surface area (Å²) in [5, 5.41) is 25.0. The van der Waals surface area contributed by atoms with Gasteiger partial charge in [0.25, 0.3) is 11.8 Å². The Kier molecular flexibility index (Phi) is 9.52. The molecule has 0 aliphatic heterocycles. The number of rotatable bonds is 12. The predicted octanol–water partition coefficient (Wildman–Crippen LogP) is 2.83. The lowest BCUT2D eigenvalue weighted by Crippen LogP contribution is -2.38. The quantitative estimate of drug-likeness (QED) is 0.262. The molecule has 40 heavy (non-hydrogen) atoms. The zero-order valence-electron chi connectivity index (χ0n) is 22.1. The van der Waals surface area contributed by atoms with E-state index in [1.165, 1.54) is 89.1 Å². The molecule has 2 amide bonds. The molecule has 0 fully saturated rings. The maximum Gasteiger partial charge on any atom is 0.330 e. The average molecular weight is 553 g/mol. The van der Waals surface area contributed by atoms with Gasteiger partial charge >= 0.3 is 11.9 Å². The van der Waals surface area contributed by atoms with Crippen LogP contribution in [-0.2, 0) is 9.59 Å². The van der Waals surface area contributed by atoms with Gasteiger partial charge < -0.3 is 39.8 Å². The molecule has 0 unspecified atom stereocenters. The highest BCUT2D eigenvalue weighted by Crippen LogP contribution is 2.37. The zero-order chi connectivity index (χ0) is 29.4.